The summed E-state index contributed by atoms with van der Waals surface area (Å²) in [5.74, 6) is -3.11. The Morgan fingerprint density at radius 2 is 1.96 bits per heavy atom. The van der Waals surface area contributed by atoms with E-state index in [2.05, 4.69) is 9.71 Å². The molecule has 0 aromatic heterocycles. The van der Waals surface area contributed by atoms with E-state index in [9.17, 15) is 18.0 Å². The van der Waals surface area contributed by atoms with Crippen LogP contribution >= 0.6 is 0 Å². The summed E-state index contributed by atoms with van der Waals surface area (Å²) in [6, 6.07) is 6.87. The van der Waals surface area contributed by atoms with Crippen LogP contribution in [0.2, 0.25) is 0 Å². The Morgan fingerprint density at radius 1 is 1.32 bits per heavy atom. The topological polar surface area (TPSA) is 150 Å². The summed E-state index contributed by atoms with van der Waals surface area (Å²) in [5, 5.41) is 16.3. The number of nitrogens with one attached hydrogen (secondary N) is 2. The second-order valence-electron chi connectivity index (χ2n) is 6.59. The number of ether oxygens (including phenoxy) is 1. The number of ketones is 1. The first-order valence-electron chi connectivity index (χ1n) is 8.42. The van der Waals surface area contributed by atoms with Gasteiger partial charge in [0.1, 0.15) is 11.8 Å². The lowest BCUT2D eigenvalue weighted by molar-refractivity contribution is -0.150. The molecule has 1 aromatic rings. The van der Waals surface area contributed by atoms with Crippen LogP contribution in [0.4, 0.5) is 0 Å². The van der Waals surface area contributed by atoms with Gasteiger partial charge in [0.25, 0.3) is 10.0 Å². The van der Waals surface area contributed by atoms with Gasteiger partial charge in [-0.1, -0.05) is 26.0 Å². The zero-order valence-corrected chi connectivity index (χ0v) is 16.4. The van der Waals surface area contributed by atoms with Crippen molar-refractivity contribution in [1.29, 1.82) is 10.7 Å². The number of esters is 1. The van der Waals surface area contributed by atoms with Crippen LogP contribution in [0.5, 0.6) is 0 Å². The minimum absolute atomic E-state index is 0.0304. The molecule has 0 amide bonds. The van der Waals surface area contributed by atoms with E-state index >= 15 is 0 Å². The zero-order valence-electron chi connectivity index (χ0n) is 15.6. The van der Waals surface area contributed by atoms with Crippen molar-refractivity contribution in [2.24, 2.45) is 16.8 Å². The number of carbonyl (C=O) groups is 2. The van der Waals surface area contributed by atoms with Crippen molar-refractivity contribution in [2.45, 2.75) is 31.7 Å². The molecule has 0 bridgehead atoms. The largest absolute Gasteiger partial charge is 0.456 e. The monoisotopic (exact) mass is 404 g/mol. The van der Waals surface area contributed by atoms with Gasteiger partial charge in [0.05, 0.1) is 11.0 Å². The number of hydrogen-bond acceptors (Lipinski definition) is 8. The van der Waals surface area contributed by atoms with Crippen molar-refractivity contribution in [3.8, 4) is 6.07 Å². The summed E-state index contributed by atoms with van der Waals surface area (Å²) < 4.78 is 31.6. The van der Waals surface area contributed by atoms with Crippen LogP contribution < -0.4 is 4.72 Å². The second-order valence-corrected chi connectivity index (χ2v) is 8.24. The van der Waals surface area contributed by atoms with Crippen molar-refractivity contribution >= 4 is 33.3 Å². The second kappa shape index (κ2) is 8.31. The highest BCUT2D eigenvalue weighted by atomic mass is 32.2. The standard InChI is InChI=1S/C18H20N4O5S/c1-10(2)16(18(24)27-9-14(23)13(8-19)11(3)20)21-17-12-6-4-5-7-15(12)28(25,26)22-17/h4-7,10,13,16,20H,9H2,1-3H3,(H,21,22)/t13-,16+/m1/s1. The van der Waals surface area contributed by atoms with E-state index in [1.807, 2.05) is 0 Å². The molecule has 0 saturated carbocycles. The lowest BCUT2D eigenvalue weighted by atomic mass is 10.0. The molecule has 1 heterocycles. The molecule has 0 aliphatic carbocycles. The number of amidine groups is 1. The summed E-state index contributed by atoms with van der Waals surface area (Å²) in [7, 11) is -3.75. The van der Waals surface area contributed by atoms with E-state index in [1.165, 1.54) is 13.0 Å². The molecule has 0 radical (unpaired) electrons. The lowest BCUT2D eigenvalue weighted by Gasteiger charge is -2.16. The predicted molar refractivity (Wildman–Crippen MR) is 100 cm³/mol. The molecule has 1 aliphatic rings. The summed E-state index contributed by atoms with van der Waals surface area (Å²) >= 11 is 0. The Balaban J connectivity index is 2.22. The highest BCUT2D eigenvalue weighted by Gasteiger charge is 2.33. The SMILES string of the molecule is CC(=N)[C@@H](C#N)C(=O)COC(=O)[C@@H](N=C1NS(=O)(=O)c2ccccc21)C(C)C. The first kappa shape index (κ1) is 21.2. The van der Waals surface area contributed by atoms with Crippen LogP contribution in [0.25, 0.3) is 0 Å². The Kier molecular flexibility index (Phi) is 6.30. The van der Waals surface area contributed by atoms with Crippen LogP contribution in [0.3, 0.4) is 0 Å². The van der Waals surface area contributed by atoms with Crippen LogP contribution in [-0.2, 0) is 24.3 Å². The lowest BCUT2D eigenvalue weighted by Crippen LogP contribution is -2.33. The van der Waals surface area contributed by atoms with E-state index in [4.69, 9.17) is 15.4 Å². The molecular formula is C18H20N4O5S. The number of hydrogen-bond donors (Lipinski definition) is 2. The van der Waals surface area contributed by atoms with Gasteiger partial charge in [-0.05, 0) is 25.0 Å². The number of rotatable bonds is 7. The summed E-state index contributed by atoms with van der Waals surface area (Å²) in [6.07, 6.45) is 0. The van der Waals surface area contributed by atoms with E-state index in [1.54, 1.807) is 38.1 Å². The third kappa shape index (κ3) is 4.43. The van der Waals surface area contributed by atoms with Crippen molar-refractivity contribution in [1.82, 2.24) is 4.72 Å². The van der Waals surface area contributed by atoms with Crippen LogP contribution in [0.15, 0.2) is 34.2 Å². The summed E-state index contributed by atoms with van der Waals surface area (Å²) in [4.78, 5) is 28.7. The van der Waals surface area contributed by atoms with E-state index in [0.29, 0.717) is 5.56 Å². The molecule has 10 heteroatoms. The van der Waals surface area contributed by atoms with E-state index in [0.717, 1.165) is 0 Å². The summed E-state index contributed by atoms with van der Waals surface area (Å²) in [5.41, 5.74) is 0.210. The van der Waals surface area contributed by atoms with Crippen molar-refractivity contribution in [3.63, 3.8) is 0 Å². The number of benzene rings is 1. The Hall–Kier alpha value is -3.06. The van der Waals surface area contributed by atoms with Gasteiger partial charge in [-0.2, -0.15) is 5.26 Å². The average Bonchev–Trinajstić information content (AvgIpc) is 2.88. The molecule has 1 aromatic carbocycles. The number of carbonyl (C=O) groups excluding carboxylic acids is 2. The molecule has 0 saturated heterocycles. The smallest absolute Gasteiger partial charge is 0.331 e. The van der Waals surface area contributed by atoms with Gasteiger partial charge in [-0.15, -0.1) is 0 Å². The zero-order chi connectivity index (χ0) is 21.1. The van der Waals surface area contributed by atoms with Crippen LogP contribution in [0.1, 0.15) is 26.3 Å². The van der Waals surface area contributed by atoms with Gasteiger partial charge in [0.15, 0.2) is 18.4 Å². The fraction of sp³-hybridized carbons (Fsp3) is 0.389. The number of nitrogens with zero attached hydrogens (tertiary/aromatic N) is 2. The van der Waals surface area contributed by atoms with Crippen LogP contribution in [0, 0.1) is 28.6 Å². The van der Waals surface area contributed by atoms with Gasteiger partial charge in [0, 0.05) is 11.3 Å². The fourth-order valence-electron chi connectivity index (χ4n) is 2.56. The number of Topliss-reactive ketones (excluding diaryl/α,β-unsaturated/α-hetero) is 1. The molecule has 9 nitrogen and oxygen atoms in total. The first-order valence-corrected chi connectivity index (χ1v) is 9.90. The van der Waals surface area contributed by atoms with Gasteiger partial charge in [-0.25, -0.2) is 13.2 Å². The maximum atomic E-state index is 12.4. The van der Waals surface area contributed by atoms with Crippen molar-refractivity contribution < 1.29 is 22.7 Å². The molecule has 0 spiro atoms. The third-order valence-corrected chi connectivity index (χ3v) is 5.44. The summed E-state index contributed by atoms with van der Waals surface area (Å²) in [6.45, 7) is 4.06. The molecule has 2 rings (SSSR count). The molecule has 2 N–H and O–H groups in total. The molecular weight excluding hydrogens is 384 g/mol. The van der Waals surface area contributed by atoms with Crippen molar-refractivity contribution in [3.05, 3.63) is 29.8 Å². The van der Waals surface area contributed by atoms with Crippen molar-refractivity contribution in [2.75, 3.05) is 6.61 Å². The van der Waals surface area contributed by atoms with Gasteiger partial charge < -0.3 is 10.1 Å². The molecule has 2 atom stereocenters. The first-order chi connectivity index (χ1) is 13.1. The molecule has 1 aliphatic heterocycles. The fourth-order valence-corrected chi connectivity index (χ4v) is 3.80. The maximum Gasteiger partial charge on any atom is 0.331 e. The maximum absolute atomic E-state index is 12.4. The minimum atomic E-state index is -3.75. The number of fused-ring (bicyclic) bond motifs is 1. The van der Waals surface area contributed by atoms with Gasteiger partial charge in [0.2, 0.25) is 0 Å². The van der Waals surface area contributed by atoms with Crippen LogP contribution in [-0.4, -0.2) is 44.4 Å². The predicted octanol–water partition coefficient (Wildman–Crippen LogP) is 1.04. The number of aliphatic imine (C=N–C) groups is 1. The normalized spacial score (nSPS) is 17.9. The Bertz CT molecular complexity index is 991. The van der Waals surface area contributed by atoms with E-state index < -0.39 is 40.3 Å². The van der Waals surface area contributed by atoms with E-state index in [-0.39, 0.29) is 22.4 Å². The quantitative estimate of drug-likeness (QED) is 0.512. The highest BCUT2D eigenvalue weighted by Crippen LogP contribution is 2.23. The Morgan fingerprint density at radius 3 is 2.54 bits per heavy atom. The molecule has 0 fully saturated rings. The molecule has 28 heavy (non-hydrogen) atoms. The van der Waals surface area contributed by atoms with Gasteiger partial charge >= 0.3 is 5.97 Å². The highest BCUT2D eigenvalue weighted by molar-refractivity contribution is 7.90. The Labute approximate surface area is 163 Å². The molecule has 148 valence electrons. The molecule has 0 unspecified atom stereocenters. The minimum Gasteiger partial charge on any atom is -0.456 e. The number of sulfonamides is 1. The average molecular weight is 404 g/mol. The van der Waals surface area contributed by atoms with Gasteiger partial charge in [-0.3, -0.25) is 14.5 Å². The third-order valence-electron chi connectivity index (χ3n) is 4.04. The number of nitriles is 1.